The number of benzene rings is 1. The van der Waals surface area contributed by atoms with Crippen molar-refractivity contribution in [3.8, 4) is 0 Å². The van der Waals surface area contributed by atoms with Crippen LogP contribution in [0.4, 0.5) is 13.2 Å². The van der Waals surface area contributed by atoms with Crippen molar-refractivity contribution in [1.82, 2.24) is 4.90 Å². The van der Waals surface area contributed by atoms with Crippen LogP contribution in [0.15, 0.2) is 29.8 Å². The molecule has 0 amide bonds. The highest BCUT2D eigenvalue weighted by Crippen LogP contribution is 2.30. The molecular weight excluding hydrogens is 267 g/mol. The molecule has 1 aromatic carbocycles. The molecule has 0 atom stereocenters. The summed E-state index contributed by atoms with van der Waals surface area (Å²) in [4.78, 5) is 13.9. The van der Waals surface area contributed by atoms with E-state index in [0.717, 1.165) is 25.2 Å². The summed E-state index contributed by atoms with van der Waals surface area (Å²) < 4.78 is 37.9. The van der Waals surface area contributed by atoms with Crippen LogP contribution in [0, 0.1) is 0 Å². The number of likely N-dealkylation sites (tertiary alicyclic amines) is 1. The van der Waals surface area contributed by atoms with Gasteiger partial charge >= 0.3 is 6.18 Å². The molecule has 5 heteroatoms. The smallest absolute Gasteiger partial charge is 0.299 e. The minimum Gasteiger partial charge on any atom is -0.299 e. The highest BCUT2D eigenvalue weighted by Gasteiger charge is 2.30. The second-order valence-electron chi connectivity index (χ2n) is 4.83. The largest absolute Gasteiger partial charge is 0.416 e. The van der Waals surface area contributed by atoms with Gasteiger partial charge in [-0.1, -0.05) is 19.1 Å². The van der Waals surface area contributed by atoms with Crippen LogP contribution in [0.1, 0.15) is 24.5 Å². The summed E-state index contributed by atoms with van der Waals surface area (Å²) in [6.07, 6.45) is -2.36. The molecule has 0 unspecified atom stereocenters. The number of carbonyl (C=O) groups is 1. The van der Waals surface area contributed by atoms with Gasteiger partial charge in [-0.05, 0) is 30.3 Å². The molecule has 20 heavy (non-hydrogen) atoms. The summed E-state index contributed by atoms with van der Waals surface area (Å²) in [5, 5.41) is 0. The maximum absolute atomic E-state index is 12.6. The first-order chi connectivity index (χ1) is 9.40. The van der Waals surface area contributed by atoms with Gasteiger partial charge < -0.3 is 0 Å². The molecule has 2 nitrogen and oxygen atoms in total. The lowest BCUT2D eigenvalue weighted by Gasteiger charge is -2.26. The SMILES string of the molecule is CCN1CCC(=O)/C(=C/c2cccc(C(F)(F)F)c2)C1. The standard InChI is InChI=1S/C15H16F3NO/c1-2-19-7-6-14(20)12(10-19)8-11-4-3-5-13(9-11)15(16,17)18/h3-5,8-9H,2,6-7,10H2,1H3/b12-8+. The molecule has 0 aromatic heterocycles. The van der Waals surface area contributed by atoms with E-state index in [1.807, 2.05) is 6.92 Å². The fraction of sp³-hybridized carbons (Fsp3) is 0.400. The number of likely N-dealkylation sites (N-methyl/N-ethyl adjacent to an activating group) is 1. The first-order valence-electron chi connectivity index (χ1n) is 6.53. The summed E-state index contributed by atoms with van der Waals surface area (Å²) >= 11 is 0. The lowest BCUT2D eigenvalue weighted by Crippen LogP contribution is -2.35. The zero-order valence-electron chi connectivity index (χ0n) is 11.2. The molecule has 0 spiro atoms. The fourth-order valence-electron chi connectivity index (χ4n) is 2.23. The quantitative estimate of drug-likeness (QED) is 0.775. The molecule has 0 bridgehead atoms. The zero-order valence-corrected chi connectivity index (χ0v) is 11.2. The number of Topliss-reactive ketones (excluding diaryl/α,β-unsaturated/α-hetero) is 1. The maximum Gasteiger partial charge on any atom is 0.416 e. The minimum atomic E-state index is -4.36. The summed E-state index contributed by atoms with van der Waals surface area (Å²) in [5.41, 5.74) is 0.306. The van der Waals surface area contributed by atoms with E-state index in [2.05, 4.69) is 4.90 Å². The average molecular weight is 283 g/mol. The summed E-state index contributed by atoms with van der Waals surface area (Å²) in [5.74, 6) is 0.0205. The third-order valence-corrected chi connectivity index (χ3v) is 3.41. The predicted molar refractivity (Wildman–Crippen MR) is 71.2 cm³/mol. The molecule has 0 aliphatic carbocycles. The van der Waals surface area contributed by atoms with Crippen molar-refractivity contribution in [3.63, 3.8) is 0 Å². The molecule has 0 radical (unpaired) electrons. The number of ketones is 1. The number of nitrogens with zero attached hydrogens (tertiary/aromatic N) is 1. The van der Waals surface area contributed by atoms with Gasteiger partial charge in [0, 0.05) is 25.1 Å². The van der Waals surface area contributed by atoms with Crippen LogP contribution in [0.3, 0.4) is 0 Å². The first kappa shape index (κ1) is 14.8. The molecule has 1 aromatic rings. The Kier molecular flexibility index (Phi) is 4.28. The van der Waals surface area contributed by atoms with Crippen molar-refractivity contribution < 1.29 is 18.0 Å². The van der Waals surface area contributed by atoms with E-state index in [-0.39, 0.29) is 5.78 Å². The zero-order chi connectivity index (χ0) is 14.8. The van der Waals surface area contributed by atoms with Crippen molar-refractivity contribution in [2.24, 2.45) is 0 Å². The van der Waals surface area contributed by atoms with E-state index >= 15 is 0 Å². The molecule has 0 N–H and O–H groups in total. The van der Waals surface area contributed by atoms with E-state index in [1.54, 1.807) is 12.1 Å². The van der Waals surface area contributed by atoms with Crippen molar-refractivity contribution in [3.05, 3.63) is 41.0 Å². The summed E-state index contributed by atoms with van der Waals surface area (Å²) in [7, 11) is 0. The molecule has 2 rings (SSSR count). The lowest BCUT2D eigenvalue weighted by molar-refractivity contribution is -0.137. The lowest BCUT2D eigenvalue weighted by atomic mass is 9.99. The van der Waals surface area contributed by atoms with Gasteiger partial charge in [0.15, 0.2) is 5.78 Å². The average Bonchev–Trinajstić information content (AvgIpc) is 2.41. The highest BCUT2D eigenvalue weighted by atomic mass is 19.4. The molecule has 0 saturated carbocycles. The van der Waals surface area contributed by atoms with Gasteiger partial charge in [0.2, 0.25) is 0 Å². The van der Waals surface area contributed by atoms with Gasteiger partial charge in [-0.3, -0.25) is 9.69 Å². The first-order valence-corrected chi connectivity index (χ1v) is 6.53. The van der Waals surface area contributed by atoms with Crippen LogP contribution in [-0.4, -0.2) is 30.3 Å². The molecular formula is C15H16F3NO. The van der Waals surface area contributed by atoms with E-state index in [1.165, 1.54) is 6.07 Å². The van der Waals surface area contributed by atoms with Gasteiger partial charge in [0.1, 0.15) is 0 Å². The number of carbonyl (C=O) groups excluding carboxylic acids is 1. The van der Waals surface area contributed by atoms with Crippen LogP contribution in [0.25, 0.3) is 6.08 Å². The Morgan fingerprint density at radius 1 is 1.35 bits per heavy atom. The molecule has 1 aliphatic rings. The van der Waals surface area contributed by atoms with Crippen LogP contribution >= 0.6 is 0 Å². The number of hydrogen-bond acceptors (Lipinski definition) is 2. The monoisotopic (exact) mass is 283 g/mol. The normalized spacial score (nSPS) is 19.6. The molecule has 1 saturated heterocycles. The number of rotatable bonds is 2. The second kappa shape index (κ2) is 5.79. The van der Waals surface area contributed by atoms with Crippen molar-refractivity contribution in [2.45, 2.75) is 19.5 Å². The Hall–Kier alpha value is -1.62. The van der Waals surface area contributed by atoms with Crippen LogP contribution < -0.4 is 0 Å². The van der Waals surface area contributed by atoms with E-state index in [9.17, 15) is 18.0 Å². The molecule has 1 aliphatic heterocycles. The van der Waals surface area contributed by atoms with E-state index < -0.39 is 11.7 Å². The van der Waals surface area contributed by atoms with E-state index in [4.69, 9.17) is 0 Å². The Labute approximate surface area is 115 Å². The van der Waals surface area contributed by atoms with Gasteiger partial charge in [0.05, 0.1) is 5.56 Å². The minimum absolute atomic E-state index is 0.0205. The van der Waals surface area contributed by atoms with Gasteiger partial charge in [-0.25, -0.2) is 0 Å². The van der Waals surface area contributed by atoms with Gasteiger partial charge in [-0.2, -0.15) is 13.2 Å². The fourth-order valence-corrected chi connectivity index (χ4v) is 2.23. The molecule has 1 heterocycles. The topological polar surface area (TPSA) is 20.3 Å². The van der Waals surface area contributed by atoms with Crippen molar-refractivity contribution in [1.29, 1.82) is 0 Å². The van der Waals surface area contributed by atoms with Crippen molar-refractivity contribution >= 4 is 11.9 Å². The van der Waals surface area contributed by atoms with Crippen LogP contribution in [0.5, 0.6) is 0 Å². The number of piperidine rings is 1. The van der Waals surface area contributed by atoms with Gasteiger partial charge in [0.25, 0.3) is 0 Å². The second-order valence-corrected chi connectivity index (χ2v) is 4.83. The van der Waals surface area contributed by atoms with Crippen LogP contribution in [-0.2, 0) is 11.0 Å². The van der Waals surface area contributed by atoms with Crippen molar-refractivity contribution in [2.75, 3.05) is 19.6 Å². The summed E-state index contributed by atoms with van der Waals surface area (Å²) in [6.45, 7) is 4.05. The Bertz CT molecular complexity index is 534. The van der Waals surface area contributed by atoms with Crippen LogP contribution in [0.2, 0.25) is 0 Å². The maximum atomic E-state index is 12.6. The Morgan fingerprint density at radius 3 is 2.75 bits per heavy atom. The number of hydrogen-bond donors (Lipinski definition) is 0. The van der Waals surface area contributed by atoms with Gasteiger partial charge in [-0.15, -0.1) is 0 Å². The number of alkyl halides is 3. The summed E-state index contributed by atoms with van der Waals surface area (Å²) in [6, 6.07) is 5.05. The molecule has 108 valence electrons. The Balaban J connectivity index is 2.27. The third-order valence-electron chi connectivity index (χ3n) is 3.41. The third kappa shape index (κ3) is 3.48. The van der Waals surface area contributed by atoms with E-state index in [0.29, 0.717) is 24.1 Å². The highest BCUT2D eigenvalue weighted by molar-refractivity contribution is 6.00. The Morgan fingerprint density at radius 2 is 2.10 bits per heavy atom. The predicted octanol–water partition coefficient (Wildman–Crippen LogP) is 3.38. The molecule has 1 fully saturated rings. The number of halogens is 3.